The highest BCUT2D eigenvalue weighted by molar-refractivity contribution is 5.75. The molecule has 1 atom stereocenters. The van der Waals surface area contributed by atoms with Gasteiger partial charge in [0, 0.05) is 31.5 Å². The Morgan fingerprint density at radius 1 is 1.67 bits per heavy atom. The van der Waals surface area contributed by atoms with E-state index in [-0.39, 0.29) is 12.0 Å². The Hall–Kier alpha value is -1.36. The number of carbonyl (C=O) groups is 1. The molecular weight excluding hydrogens is 230 g/mol. The smallest absolute Gasteiger partial charge is 0.240 e. The summed E-state index contributed by atoms with van der Waals surface area (Å²) in [5.74, 6) is 1.29. The van der Waals surface area contributed by atoms with Crippen molar-refractivity contribution in [2.75, 3.05) is 13.2 Å². The Kier molecular flexibility index (Phi) is 4.36. The first-order valence-corrected chi connectivity index (χ1v) is 6.56. The number of rotatable bonds is 5. The molecule has 1 aromatic heterocycles. The molecule has 0 saturated carbocycles. The van der Waals surface area contributed by atoms with Crippen molar-refractivity contribution in [3.8, 4) is 0 Å². The van der Waals surface area contributed by atoms with Gasteiger partial charge in [0.05, 0.1) is 6.10 Å². The zero-order valence-corrected chi connectivity index (χ0v) is 11.1. The van der Waals surface area contributed by atoms with Gasteiger partial charge in [0.1, 0.15) is 12.4 Å². The van der Waals surface area contributed by atoms with Crippen LogP contribution in [0, 0.1) is 0 Å². The summed E-state index contributed by atoms with van der Waals surface area (Å²) >= 11 is 0. The van der Waals surface area contributed by atoms with Crippen LogP contribution in [0.15, 0.2) is 12.4 Å². The summed E-state index contributed by atoms with van der Waals surface area (Å²) in [6.07, 6.45) is 5.92. The molecule has 0 unspecified atom stereocenters. The molecule has 2 rings (SSSR count). The predicted molar refractivity (Wildman–Crippen MR) is 68.3 cm³/mol. The third kappa shape index (κ3) is 3.32. The molecule has 100 valence electrons. The van der Waals surface area contributed by atoms with Crippen LogP contribution in [0.2, 0.25) is 0 Å². The highest BCUT2D eigenvalue weighted by Crippen LogP contribution is 2.12. The standard InChI is InChI=1S/C13H21N3O2/c1-10(2)13-14-5-6-16(13)9-12(17)15-8-11-4-3-7-18-11/h5-6,10-11H,3-4,7-9H2,1-2H3,(H,15,17)/t11-/m0/s1. The fourth-order valence-electron chi connectivity index (χ4n) is 2.20. The molecule has 1 fully saturated rings. The predicted octanol–water partition coefficient (Wildman–Crippen LogP) is 1.30. The van der Waals surface area contributed by atoms with Crippen LogP contribution in [0.4, 0.5) is 0 Å². The van der Waals surface area contributed by atoms with E-state index in [0.29, 0.717) is 19.0 Å². The Morgan fingerprint density at radius 3 is 3.17 bits per heavy atom. The van der Waals surface area contributed by atoms with Crippen molar-refractivity contribution in [3.05, 3.63) is 18.2 Å². The van der Waals surface area contributed by atoms with Crippen LogP contribution in [0.5, 0.6) is 0 Å². The molecule has 1 aromatic rings. The summed E-state index contributed by atoms with van der Waals surface area (Å²) < 4.78 is 7.36. The zero-order chi connectivity index (χ0) is 13.0. The van der Waals surface area contributed by atoms with E-state index in [4.69, 9.17) is 4.74 Å². The molecule has 5 nitrogen and oxygen atoms in total. The number of hydrogen-bond donors (Lipinski definition) is 1. The molecule has 1 saturated heterocycles. The molecule has 1 amide bonds. The SMILES string of the molecule is CC(C)c1nccn1CC(=O)NC[C@@H]1CCCO1. The Morgan fingerprint density at radius 2 is 2.50 bits per heavy atom. The van der Waals surface area contributed by atoms with Crippen molar-refractivity contribution in [1.29, 1.82) is 0 Å². The molecular formula is C13H21N3O2. The van der Waals surface area contributed by atoms with Crippen LogP contribution in [-0.2, 0) is 16.1 Å². The van der Waals surface area contributed by atoms with Gasteiger partial charge in [-0.25, -0.2) is 4.98 Å². The Labute approximate surface area is 108 Å². The second kappa shape index (κ2) is 6.00. The van der Waals surface area contributed by atoms with Crippen molar-refractivity contribution < 1.29 is 9.53 Å². The topological polar surface area (TPSA) is 56.2 Å². The molecule has 2 heterocycles. The number of carbonyl (C=O) groups excluding carboxylic acids is 1. The van der Waals surface area contributed by atoms with Crippen LogP contribution in [0.3, 0.4) is 0 Å². The van der Waals surface area contributed by atoms with Crippen molar-refractivity contribution >= 4 is 5.91 Å². The summed E-state index contributed by atoms with van der Waals surface area (Å²) in [7, 11) is 0. The number of amides is 1. The number of nitrogens with zero attached hydrogens (tertiary/aromatic N) is 2. The van der Waals surface area contributed by atoms with Crippen molar-refractivity contribution in [2.45, 2.75) is 45.3 Å². The number of ether oxygens (including phenoxy) is 1. The minimum Gasteiger partial charge on any atom is -0.376 e. The summed E-state index contributed by atoms with van der Waals surface area (Å²) in [6.45, 7) is 5.91. The molecule has 1 aliphatic rings. The lowest BCUT2D eigenvalue weighted by atomic mass is 10.2. The van der Waals surface area contributed by atoms with Crippen LogP contribution < -0.4 is 5.32 Å². The molecule has 5 heteroatoms. The summed E-state index contributed by atoms with van der Waals surface area (Å²) in [5, 5.41) is 2.92. The fourth-order valence-corrected chi connectivity index (χ4v) is 2.20. The molecule has 0 radical (unpaired) electrons. The molecule has 18 heavy (non-hydrogen) atoms. The van der Waals surface area contributed by atoms with Gasteiger partial charge in [-0.15, -0.1) is 0 Å². The average molecular weight is 251 g/mol. The second-order valence-electron chi connectivity index (χ2n) is 5.01. The summed E-state index contributed by atoms with van der Waals surface area (Å²) in [5.41, 5.74) is 0. The van der Waals surface area contributed by atoms with Crippen LogP contribution in [-0.4, -0.2) is 34.7 Å². The lowest BCUT2D eigenvalue weighted by Gasteiger charge is -2.13. The molecule has 0 aromatic carbocycles. The first-order chi connectivity index (χ1) is 8.66. The molecule has 1 N–H and O–H groups in total. The van der Waals surface area contributed by atoms with Crippen molar-refractivity contribution in [3.63, 3.8) is 0 Å². The molecule has 0 bridgehead atoms. The fraction of sp³-hybridized carbons (Fsp3) is 0.692. The van der Waals surface area contributed by atoms with E-state index in [1.54, 1.807) is 6.20 Å². The van der Waals surface area contributed by atoms with E-state index < -0.39 is 0 Å². The van der Waals surface area contributed by atoms with Gasteiger partial charge in [-0.2, -0.15) is 0 Å². The van der Waals surface area contributed by atoms with E-state index in [1.165, 1.54) is 0 Å². The quantitative estimate of drug-likeness (QED) is 0.858. The third-order valence-electron chi connectivity index (χ3n) is 3.13. The highest BCUT2D eigenvalue weighted by atomic mass is 16.5. The third-order valence-corrected chi connectivity index (χ3v) is 3.13. The van der Waals surface area contributed by atoms with Gasteiger partial charge in [0.25, 0.3) is 0 Å². The van der Waals surface area contributed by atoms with Gasteiger partial charge in [0.2, 0.25) is 5.91 Å². The van der Waals surface area contributed by atoms with Crippen molar-refractivity contribution in [2.24, 2.45) is 0 Å². The van der Waals surface area contributed by atoms with Gasteiger partial charge in [-0.05, 0) is 12.8 Å². The highest BCUT2D eigenvalue weighted by Gasteiger charge is 2.16. The van der Waals surface area contributed by atoms with Crippen LogP contribution >= 0.6 is 0 Å². The molecule has 1 aliphatic heterocycles. The van der Waals surface area contributed by atoms with E-state index in [9.17, 15) is 4.79 Å². The number of hydrogen-bond acceptors (Lipinski definition) is 3. The van der Waals surface area contributed by atoms with E-state index in [1.807, 2.05) is 10.8 Å². The largest absolute Gasteiger partial charge is 0.376 e. The average Bonchev–Trinajstić information content (AvgIpc) is 2.96. The van der Waals surface area contributed by atoms with Gasteiger partial charge in [-0.3, -0.25) is 4.79 Å². The number of aromatic nitrogens is 2. The Balaban J connectivity index is 1.81. The Bertz CT molecular complexity index is 395. The molecule has 0 aliphatic carbocycles. The maximum absolute atomic E-state index is 11.8. The normalized spacial score (nSPS) is 19.4. The summed E-state index contributed by atoms with van der Waals surface area (Å²) in [4.78, 5) is 16.1. The maximum atomic E-state index is 11.8. The van der Waals surface area contributed by atoms with Crippen molar-refractivity contribution in [1.82, 2.24) is 14.9 Å². The minimum absolute atomic E-state index is 0.0189. The lowest BCUT2D eigenvalue weighted by molar-refractivity contribution is -0.122. The first kappa shape index (κ1) is 13.1. The monoisotopic (exact) mass is 251 g/mol. The maximum Gasteiger partial charge on any atom is 0.240 e. The van der Waals surface area contributed by atoms with Gasteiger partial charge < -0.3 is 14.6 Å². The van der Waals surface area contributed by atoms with Gasteiger partial charge >= 0.3 is 0 Å². The van der Waals surface area contributed by atoms with E-state index in [2.05, 4.69) is 24.1 Å². The van der Waals surface area contributed by atoms with Crippen LogP contribution in [0.25, 0.3) is 0 Å². The zero-order valence-electron chi connectivity index (χ0n) is 11.1. The summed E-state index contributed by atoms with van der Waals surface area (Å²) in [6, 6.07) is 0. The van der Waals surface area contributed by atoms with E-state index in [0.717, 1.165) is 25.3 Å². The lowest BCUT2D eigenvalue weighted by Crippen LogP contribution is -2.34. The number of imidazole rings is 1. The van der Waals surface area contributed by atoms with Crippen LogP contribution in [0.1, 0.15) is 38.4 Å². The van der Waals surface area contributed by atoms with Gasteiger partial charge in [0.15, 0.2) is 0 Å². The second-order valence-corrected chi connectivity index (χ2v) is 5.01. The molecule has 0 spiro atoms. The van der Waals surface area contributed by atoms with E-state index >= 15 is 0 Å². The first-order valence-electron chi connectivity index (χ1n) is 6.56. The minimum atomic E-state index is 0.0189. The van der Waals surface area contributed by atoms with Gasteiger partial charge in [-0.1, -0.05) is 13.8 Å². The number of nitrogens with one attached hydrogen (secondary N) is 1.